The molecule has 0 atom stereocenters. The zero-order valence-electron chi connectivity index (χ0n) is 10.8. The molecule has 1 aromatic heterocycles. The second-order valence-electron chi connectivity index (χ2n) is 4.87. The highest BCUT2D eigenvalue weighted by atomic mass is 16.5. The summed E-state index contributed by atoms with van der Waals surface area (Å²) in [5.41, 5.74) is 1.29. The number of hydrogen-bond acceptors (Lipinski definition) is 3. The molecule has 1 N–H and O–H groups in total. The average Bonchev–Trinajstić information content (AvgIpc) is 2.59. The van der Waals surface area contributed by atoms with E-state index in [1.807, 2.05) is 6.92 Å². The van der Waals surface area contributed by atoms with Crippen molar-refractivity contribution in [2.24, 2.45) is 0 Å². The highest BCUT2D eigenvalue weighted by Crippen LogP contribution is 2.25. The van der Waals surface area contributed by atoms with Gasteiger partial charge in [0.1, 0.15) is 11.2 Å². The minimum atomic E-state index is -0.730. The largest absolute Gasteiger partial charge is 0.468 e. The lowest BCUT2D eigenvalue weighted by Crippen LogP contribution is -2.31. The van der Waals surface area contributed by atoms with Gasteiger partial charge in [0.05, 0.1) is 12.8 Å². The SMILES string of the molecule is COC(=O)C(C)(C)c1nc(C(C)C)c(C)[nH]1. The summed E-state index contributed by atoms with van der Waals surface area (Å²) in [6, 6.07) is 0. The number of rotatable bonds is 3. The van der Waals surface area contributed by atoms with Gasteiger partial charge in [-0.15, -0.1) is 0 Å². The van der Waals surface area contributed by atoms with Crippen molar-refractivity contribution in [1.82, 2.24) is 9.97 Å². The predicted molar refractivity (Wildman–Crippen MR) is 62.5 cm³/mol. The van der Waals surface area contributed by atoms with E-state index in [0.29, 0.717) is 11.7 Å². The summed E-state index contributed by atoms with van der Waals surface area (Å²) in [6.07, 6.45) is 0. The third-order valence-electron chi connectivity index (χ3n) is 2.76. The first kappa shape index (κ1) is 12.7. The quantitative estimate of drug-likeness (QED) is 0.801. The molecule has 4 nitrogen and oxygen atoms in total. The van der Waals surface area contributed by atoms with Crippen LogP contribution < -0.4 is 0 Å². The second-order valence-corrected chi connectivity index (χ2v) is 4.87. The van der Waals surface area contributed by atoms with Crippen LogP contribution in [0.4, 0.5) is 0 Å². The number of esters is 1. The van der Waals surface area contributed by atoms with Crippen LogP contribution in [0.15, 0.2) is 0 Å². The van der Waals surface area contributed by atoms with Gasteiger partial charge in [-0.3, -0.25) is 4.79 Å². The molecule has 0 fully saturated rings. The summed E-state index contributed by atoms with van der Waals surface area (Å²) >= 11 is 0. The molecule has 0 aliphatic rings. The van der Waals surface area contributed by atoms with Gasteiger partial charge in [0.15, 0.2) is 0 Å². The lowest BCUT2D eigenvalue weighted by molar-refractivity contribution is -0.146. The van der Waals surface area contributed by atoms with Crippen LogP contribution in [0.2, 0.25) is 0 Å². The molecule has 0 saturated carbocycles. The summed E-state index contributed by atoms with van der Waals surface area (Å²) in [5, 5.41) is 0. The molecule has 0 unspecified atom stereocenters. The summed E-state index contributed by atoms with van der Waals surface area (Å²) in [5.74, 6) is 0.732. The van der Waals surface area contributed by atoms with Gasteiger partial charge in [-0.05, 0) is 26.7 Å². The molecule has 0 spiro atoms. The average molecular weight is 224 g/mol. The molecule has 90 valence electrons. The van der Waals surface area contributed by atoms with Gasteiger partial charge < -0.3 is 9.72 Å². The van der Waals surface area contributed by atoms with Crippen LogP contribution in [0.25, 0.3) is 0 Å². The summed E-state index contributed by atoms with van der Waals surface area (Å²) < 4.78 is 4.78. The Kier molecular flexibility index (Phi) is 3.41. The van der Waals surface area contributed by atoms with Gasteiger partial charge in [0.25, 0.3) is 0 Å². The topological polar surface area (TPSA) is 55.0 Å². The van der Waals surface area contributed by atoms with Crippen LogP contribution in [0.1, 0.15) is 50.8 Å². The molecule has 4 heteroatoms. The number of nitrogens with one attached hydrogen (secondary N) is 1. The molecular formula is C12H20N2O2. The third kappa shape index (κ3) is 2.10. The summed E-state index contributed by atoms with van der Waals surface area (Å²) in [6.45, 7) is 9.75. The van der Waals surface area contributed by atoms with Crippen molar-refractivity contribution >= 4 is 5.97 Å². The summed E-state index contributed by atoms with van der Waals surface area (Å²) in [7, 11) is 1.39. The maximum Gasteiger partial charge on any atom is 0.318 e. The van der Waals surface area contributed by atoms with E-state index in [0.717, 1.165) is 11.4 Å². The Labute approximate surface area is 96.4 Å². The van der Waals surface area contributed by atoms with E-state index in [9.17, 15) is 4.79 Å². The van der Waals surface area contributed by atoms with Crippen molar-refractivity contribution in [3.63, 3.8) is 0 Å². The van der Waals surface area contributed by atoms with E-state index in [4.69, 9.17) is 4.74 Å². The van der Waals surface area contributed by atoms with E-state index in [1.165, 1.54) is 7.11 Å². The summed E-state index contributed by atoms with van der Waals surface area (Å²) in [4.78, 5) is 19.3. The Hall–Kier alpha value is -1.32. The van der Waals surface area contributed by atoms with Crippen molar-refractivity contribution in [3.05, 3.63) is 17.2 Å². The van der Waals surface area contributed by atoms with Gasteiger partial charge in [-0.1, -0.05) is 13.8 Å². The fourth-order valence-electron chi connectivity index (χ4n) is 1.68. The lowest BCUT2D eigenvalue weighted by Gasteiger charge is -2.18. The van der Waals surface area contributed by atoms with Crippen LogP contribution in [-0.4, -0.2) is 23.0 Å². The number of H-pyrrole nitrogens is 1. The van der Waals surface area contributed by atoms with Gasteiger partial charge in [-0.2, -0.15) is 0 Å². The maximum absolute atomic E-state index is 11.6. The molecule has 1 heterocycles. The van der Waals surface area contributed by atoms with E-state index < -0.39 is 5.41 Å². The Morgan fingerprint density at radius 3 is 2.38 bits per heavy atom. The molecule has 0 aromatic carbocycles. The zero-order valence-corrected chi connectivity index (χ0v) is 10.8. The van der Waals surface area contributed by atoms with Crippen LogP contribution in [0.5, 0.6) is 0 Å². The molecule has 16 heavy (non-hydrogen) atoms. The van der Waals surface area contributed by atoms with Crippen LogP contribution >= 0.6 is 0 Å². The highest BCUT2D eigenvalue weighted by Gasteiger charge is 2.34. The maximum atomic E-state index is 11.6. The number of nitrogens with zero attached hydrogens (tertiary/aromatic N) is 1. The third-order valence-corrected chi connectivity index (χ3v) is 2.76. The van der Waals surface area contributed by atoms with Crippen molar-refractivity contribution in [3.8, 4) is 0 Å². The van der Waals surface area contributed by atoms with E-state index in [2.05, 4.69) is 23.8 Å². The number of hydrogen-bond donors (Lipinski definition) is 1. The first-order valence-electron chi connectivity index (χ1n) is 5.46. The molecule has 1 aromatic rings. The number of carbonyl (C=O) groups is 1. The number of ether oxygens (including phenoxy) is 1. The molecule has 0 radical (unpaired) electrons. The first-order chi connectivity index (χ1) is 7.30. The van der Waals surface area contributed by atoms with E-state index in [1.54, 1.807) is 13.8 Å². The molecule has 0 aliphatic carbocycles. The number of carbonyl (C=O) groups excluding carboxylic acids is 1. The van der Waals surface area contributed by atoms with Crippen molar-refractivity contribution < 1.29 is 9.53 Å². The molecule has 0 aliphatic heterocycles. The minimum Gasteiger partial charge on any atom is -0.468 e. The number of aromatic nitrogens is 2. The molecule has 1 rings (SSSR count). The fraction of sp³-hybridized carbons (Fsp3) is 0.667. The number of aromatic amines is 1. The molecule has 0 bridgehead atoms. The van der Waals surface area contributed by atoms with Crippen molar-refractivity contribution in [2.45, 2.75) is 46.0 Å². The number of imidazole rings is 1. The van der Waals surface area contributed by atoms with Gasteiger partial charge in [0, 0.05) is 5.69 Å². The van der Waals surface area contributed by atoms with Crippen LogP contribution in [0, 0.1) is 6.92 Å². The lowest BCUT2D eigenvalue weighted by atomic mass is 9.93. The van der Waals surface area contributed by atoms with E-state index in [-0.39, 0.29) is 5.97 Å². The minimum absolute atomic E-state index is 0.281. The Morgan fingerprint density at radius 1 is 1.44 bits per heavy atom. The zero-order chi connectivity index (χ0) is 12.5. The Morgan fingerprint density at radius 2 is 2.00 bits per heavy atom. The van der Waals surface area contributed by atoms with E-state index >= 15 is 0 Å². The van der Waals surface area contributed by atoms with Gasteiger partial charge in [0.2, 0.25) is 0 Å². The molecule has 0 amide bonds. The Balaban J connectivity index is 3.14. The second kappa shape index (κ2) is 4.28. The fourth-order valence-corrected chi connectivity index (χ4v) is 1.68. The predicted octanol–water partition coefficient (Wildman–Crippen LogP) is 2.29. The smallest absolute Gasteiger partial charge is 0.318 e. The van der Waals surface area contributed by atoms with Crippen molar-refractivity contribution in [2.75, 3.05) is 7.11 Å². The normalized spacial score (nSPS) is 11.9. The molecule has 0 saturated heterocycles. The van der Waals surface area contributed by atoms with Crippen LogP contribution in [-0.2, 0) is 14.9 Å². The van der Waals surface area contributed by atoms with Gasteiger partial charge >= 0.3 is 5.97 Å². The van der Waals surface area contributed by atoms with Crippen LogP contribution in [0.3, 0.4) is 0 Å². The number of aryl methyl sites for hydroxylation is 1. The highest BCUT2D eigenvalue weighted by molar-refractivity contribution is 5.80. The first-order valence-corrected chi connectivity index (χ1v) is 5.46. The molecular weight excluding hydrogens is 204 g/mol. The van der Waals surface area contributed by atoms with Gasteiger partial charge in [-0.25, -0.2) is 4.98 Å². The monoisotopic (exact) mass is 224 g/mol. The Bertz CT molecular complexity index is 392. The number of methoxy groups -OCH3 is 1. The van der Waals surface area contributed by atoms with Crippen molar-refractivity contribution in [1.29, 1.82) is 0 Å². The standard InChI is InChI=1S/C12H20N2O2/c1-7(2)9-8(3)13-10(14-9)12(4,5)11(15)16-6/h7H,1-6H3,(H,13,14).